The summed E-state index contributed by atoms with van der Waals surface area (Å²) in [6.07, 6.45) is 2.66. The molecule has 0 saturated carbocycles. The number of carbonyl (C=O) groups excluding carboxylic acids is 1. The molecule has 1 amide bonds. The highest BCUT2D eigenvalue weighted by atomic mass is 16.5. The van der Waals surface area contributed by atoms with Crippen LogP contribution in [0.2, 0.25) is 0 Å². The van der Waals surface area contributed by atoms with Crippen molar-refractivity contribution in [3.05, 3.63) is 23.8 Å². The molecule has 0 saturated heterocycles. The maximum Gasteiger partial charge on any atom is 0.250 e. The molecule has 0 bridgehead atoms. The van der Waals surface area contributed by atoms with E-state index in [1.165, 1.54) is 7.11 Å². The molecule has 16 heavy (non-hydrogen) atoms. The molecule has 6 nitrogen and oxygen atoms in total. The van der Waals surface area contributed by atoms with Crippen LogP contribution in [0.4, 0.5) is 0 Å². The van der Waals surface area contributed by atoms with Gasteiger partial charge < -0.3 is 15.8 Å². The molecular weight excluding hydrogens is 208 g/mol. The summed E-state index contributed by atoms with van der Waals surface area (Å²) in [6, 6.07) is 0. The molecule has 1 unspecified atom stereocenters. The zero-order valence-corrected chi connectivity index (χ0v) is 9.43. The van der Waals surface area contributed by atoms with Crippen LogP contribution in [0.25, 0.3) is 0 Å². The fourth-order valence-electron chi connectivity index (χ4n) is 1.11. The van der Waals surface area contributed by atoms with E-state index in [4.69, 9.17) is 10.5 Å². The first-order chi connectivity index (χ1) is 7.67. The van der Waals surface area contributed by atoms with Crippen molar-refractivity contribution in [2.75, 3.05) is 13.7 Å². The summed E-state index contributed by atoms with van der Waals surface area (Å²) in [5.74, 6) is -0.243. The fourth-order valence-corrected chi connectivity index (χ4v) is 1.11. The predicted molar refractivity (Wildman–Crippen MR) is 58.5 cm³/mol. The highest BCUT2D eigenvalue weighted by molar-refractivity contribution is 5.80. The van der Waals surface area contributed by atoms with E-state index in [2.05, 4.69) is 15.3 Å². The number of nitrogens with zero attached hydrogens (tertiary/aromatic N) is 2. The maximum absolute atomic E-state index is 11.5. The first-order valence-corrected chi connectivity index (χ1v) is 4.95. The maximum atomic E-state index is 11.5. The Labute approximate surface area is 94.2 Å². The lowest BCUT2D eigenvalue weighted by atomic mass is 10.3. The summed E-state index contributed by atoms with van der Waals surface area (Å²) in [5.41, 5.74) is 6.90. The predicted octanol–water partition coefficient (Wildman–Crippen LogP) is -0.625. The number of ether oxygens (including phenoxy) is 1. The van der Waals surface area contributed by atoms with Gasteiger partial charge in [-0.15, -0.1) is 0 Å². The van der Waals surface area contributed by atoms with Crippen LogP contribution in [0.15, 0.2) is 12.4 Å². The quantitative estimate of drug-likeness (QED) is 0.695. The van der Waals surface area contributed by atoms with Gasteiger partial charge >= 0.3 is 0 Å². The topological polar surface area (TPSA) is 90.1 Å². The summed E-state index contributed by atoms with van der Waals surface area (Å²) in [5, 5.41) is 2.67. The Morgan fingerprint density at radius 3 is 2.81 bits per heavy atom. The third kappa shape index (κ3) is 3.56. The number of aryl methyl sites for hydroxylation is 1. The number of methoxy groups -OCH3 is 1. The van der Waals surface area contributed by atoms with Crippen molar-refractivity contribution in [1.29, 1.82) is 0 Å². The van der Waals surface area contributed by atoms with E-state index in [-0.39, 0.29) is 12.5 Å². The molecule has 1 aromatic heterocycles. The summed E-state index contributed by atoms with van der Waals surface area (Å²) < 4.78 is 4.90. The molecule has 1 heterocycles. The Morgan fingerprint density at radius 1 is 1.56 bits per heavy atom. The minimum Gasteiger partial charge on any atom is -0.370 e. The van der Waals surface area contributed by atoms with Gasteiger partial charge in [0.05, 0.1) is 24.1 Å². The zero-order valence-electron chi connectivity index (χ0n) is 9.43. The first kappa shape index (κ1) is 12.5. The molecule has 0 aliphatic heterocycles. The van der Waals surface area contributed by atoms with Crippen molar-refractivity contribution in [1.82, 2.24) is 15.3 Å². The summed E-state index contributed by atoms with van der Waals surface area (Å²) >= 11 is 0. The van der Waals surface area contributed by atoms with Gasteiger partial charge in [0.1, 0.15) is 6.10 Å². The minimum absolute atomic E-state index is 0.155. The van der Waals surface area contributed by atoms with Crippen LogP contribution in [0.1, 0.15) is 11.4 Å². The van der Waals surface area contributed by atoms with Gasteiger partial charge in [0, 0.05) is 19.9 Å². The van der Waals surface area contributed by atoms with E-state index in [0.29, 0.717) is 12.2 Å². The SMILES string of the molecule is COC(CN)C(=O)NCc1cnc(C)cn1. The van der Waals surface area contributed by atoms with Gasteiger partial charge in [-0.2, -0.15) is 0 Å². The molecule has 0 radical (unpaired) electrons. The Hall–Kier alpha value is -1.53. The van der Waals surface area contributed by atoms with Crippen molar-refractivity contribution in [3.8, 4) is 0 Å². The Bertz CT molecular complexity index is 335. The lowest BCUT2D eigenvalue weighted by Gasteiger charge is -2.12. The third-order valence-corrected chi connectivity index (χ3v) is 2.07. The van der Waals surface area contributed by atoms with Crippen LogP contribution in [-0.4, -0.2) is 35.6 Å². The third-order valence-electron chi connectivity index (χ3n) is 2.07. The molecule has 3 N–H and O–H groups in total. The molecule has 0 aliphatic rings. The fraction of sp³-hybridized carbons (Fsp3) is 0.500. The monoisotopic (exact) mass is 224 g/mol. The summed E-state index contributed by atoms with van der Waals surface area (Å²) in [6.45, 7) is 2.33. The normalized spacial score (nSPS) is 12.2. The average Bonchev–Trinajstić information content (AvgIpc) is 2.30. The van der Waals surface area contributed by atoms with E-state index < -0.39 is 6.10 Å². The molecule has 1 rings (SSSR count). The number of rotatable bonds is 5. The van der Waals surface area contributed by atoms with Crippen molar-refractivity contribution in [2.24, 2.45) is 5.73 Å². The molecule has 0 aliphatic carbocycles. The Balaban J connectivity index is 2.45. The number of carbonyl (C=O) groups is 1. The van der Waals surface area contributed by atoms with Crippen molar-refractivity contribution in [2.45, 2.75) is 19.6 Å². The Morgan fingerprint density at radius 2 is 2.31 bits per heavy atom. The van der Waals surface area contributed by atoms with Crippen LogP contribution in [-0.2, 0) is 16.1 Å². The lowest BCUT2D eigenvalue weighted by Crippen LogP contribution is -2.40. The molecule has 1 atom stereocenters. The smallest absolute Gasteiger partial charge is 0.250 e. The van der Waals surface area contributed by atoms with Crippen LogP contribution >= 0.6 is 0 Å². The average molecular weight is 224 g/mol. The second-order valence-electron chi connectivity index (χ2n) is 3.33. The van der Waals surface area contributed by atoms with Crippen molar-refractivity contribution < 1.29 is 9.53 Å². The van der Waals surface area contributed by atoms with Gasteiger partial charge in [-0.3, -0.25) is 14.8 Å². The van der Waals surface area contributed by atoms with Gasteiger partial charge in [0.15, 0.2) is 0 Å². The number of hydrogen-bond acceptors (Lipinski definition) is 5. The van der Waals surface area contributed by atoms with Gasteiger partial charge in [-0.05, 0) is 6.92 Å². The van der Waals surface area contributed by atoms with Crippen molar-refractivity contribution in [3.63, 3.8) is 0 Å². The largest absolute Gasteiger partial charge is 0.370 e. The van der Waals surface area contributed by atoms with Crippen LogP contribution in [0.5, 0.6) is 0 Å². The molecule has 88 valence electrons. The molecule has 0 fully saturated rings. The highest BCUT2D eigenvalue weighted by Crippen LogP contribution is 1.94. The lowest BCUT2D eigenvalue weighted by molar-refractivity contribution is -0.130. The van der Waals surface area contributed by atoms with Crippen LogP contribution in [0, 0.1) is 6.92 Å². The first-order valence-electron chi connectivity index (χ1n) is 4.95. The Kier molecular flexibility index (Phi) is 4.81. The van der Waals surface area contributed by atoms with Gasteiger partial charge in [0.25, 0.3) is 5.91 Å². The van der Waals surface area contributed by atoms with Gasteiger partial charge in [-0.1, -0.05) is 0 Å². The van der Waals surface area contributed by atoms with Gasteiger partial charge in [-0.25, -0.2) is 0 Å². The number of amides is 1. The molecular formula is C10H16N4O2. The van der Waals surface area contributed by atoms with Gasteiger partial charge in [0.2, 0.25) is 0 Å². The van der Waals surface area contributed by atoms with E-state index in [1.807, 2.05) is 6.92 Å². The van der Waals surface area contributed by atoms with E-state index in [1.54, 1.807) is 12.4 Å². The summed E-state index contributed by atoms with van der Waals surface area (Å²) in [4.78, 5) is 19.7. The van der Waals surface area contributed by atoms with E-state index in [0.717, 1.165) is 5.69 Å². The summed E-state index contributed by atoms with van der Waals surface area (Å²) in [7, 11) is 1.45. The number of nitrogens with one attached hydrogen (secondary N) is 1. The number of nitrogens with two attached hydrogens (primary N) is 1. The second kappa shape index (κ2) is 6.14. The second-order valence-corrected chi connectivity index (χ2v) is 3.33. The van der Waals surface area contributed by atoms with Crippen LogP contribution in [0.3, 0.4) is 0 Å². The number of aromatic nitrogens is 2. The van der Waals surface area contributed by atoms with Crippen LogP contribution < -0.4 is 11.1 Å². The molecule has 1 aromatic rings. The molecule has 0 spiro atoms. The minimum atomic E-state index is -0.613. The van der Waals surface area contributed by atoms with E-state index >= 15 is 0 Å². The molecule has 0 aromatic carbocycles. The number of hydrogen-bond donors (Lipinski definition) is 2. The standard InChI is InChI=1S/C10H16N4O2/c1-7-4-13-8(5-12-7)6-14-10(15)9(3-11)16-2/h4-5,9H,3,6,11H2,1-2H3,(H,14,15). The van der Waals surface area contributed by atoms with E-state index in [9.17, 15) is 4.79 Å². The highest BCUT2D eigenvalue weighted by Gasteiger charge is 2.14. The zero-order chi connectivity index (χ0) is 12.0. The van der Waals surface area contributed by atoms with Crippen molar-refractivity contribution >= 4 is 5.91 Å². The molecule has 6 heteroatoms.